The number of rotatable bonds is 7. The van der Waals surface area contributed by atoms with Crippen LogP contribution in [0, 0.1) is 0 Å². The molecule has 0 amide bonds. The van der Waals surface area contributed by atoms with Gasteiger partial charge < -0.3 is 19.9 Å². The highest BCUT2D eigenvalue weighted by atomic mass is 16.2. The van der Waals surface area contributed by atoms with E-state index in [4.69, 9.17) is 10.1 Å². The Morgan fingerprint density at radius 3 is 1.76 bits per heavy atom. The molecule has 3 aromatic carbocycles. The number of aliphatic hydroxyl groups excluding tert-OH is 1. The van der Waals surface area contributed by atoms with Gasteiger partial charge in [0.15, 0.2) is 0 Å². The number of nitrogens with zero attached hydrogens (tertiary/aromatic N) is 3. The zero-order valence-corrected chi connectivity index (χ0v) is 19.6. The highest BCUT2D eigenvalue weighted by Crippen LogP contribution is 2.34. The Kier molecular flexibility index (Phi) is 6.61. The molecule has 0 unspecified atom stereocenters. The minimum Gasteiger partial charge on any atom is -0.392 e. The number of imidazole rings is 1. The Morgan fingerprint density at radius 2 is 1.24 bits per heavy atom. The third-order valence-corrected chi connectivity index (χ3v) is 5.63. The van der Waals surface area contributed by atoms with Crippen molar-refractivity contribution in [2.75, 3.05) is 44.6 Å². The average Bonchev–Trinajstić information content (AvgIpc) is 3.28. The Bertz CT molecular complexity index is 1150. The number of aromatic nitrogens is 2. The van der Waals surface area contributed by atoms with E-state index in [0.29, 0.717) is 0 Å². The van der Waals surface area contributed by atoms with Gasteiger partial charge in [0.1, 0.15) is 5.82 Å². The summed E-state index contributed by atoms with van der Waals surface area (Å²) in [7, 11) is 8.17. The van der Waals surface area contributed by atoms with E-state index in [1.807, 2.05) is 58.5 Å². The van der Waals surface area contributed by atoms with Crippen LogP contribution in [-0.4, -0.2) is 49.9 Å². The lowest BCUT2D eigenvalue weighted by atomic mass is 10.0. The molecule has 5 nitrogen and oxygen atoms in total. The summed E-state index contributed by atoms with van der Waals surface area (Å²) >= 11 is 0. The number of aromatic amines is 1. The van der Waals surface area contributed by atoms with Gasteiger partial charge in [-0.2, -0.15) is 0 Å². The lowest BCUT2D eigenvalue weighted by molar-refractivity contribution is 0.343. The molecule has 0 saturated carbocycles. The summed E-state index contributed by atoms with van der Waals surface area (Å²) in [6.45, 7) is 0.0336. The second-order valence-electron chi connectivity index (χ2n) is 8.40. The van der Waals surface area contributed by atoms with Gasteiger partial charge in [0.2, 0.25) is 0 Å². The molecule has 0 spiro atoms. The van der Waals surface area contributed by atoms with Crippen LogP contribution in [0.2, 0.25) is 0 Å². The van der Waals surface area contributed by atoms with Crippen molar-refractivity contribution < 1.29 is 5.11 Å². The summed E-state index contributed by atoms with van der Waals surface area (Å²) in [5, 5.41) is 9.00. The van der Waals surface area contributed by atoms with Crippen molar-refractivity contribution in [3.05, 3.63) is 84.4 Å². The van der Waals surface area contributed by atoms with Crippen LogP contribution in [0.1, 0.15) is 5.56 Å². The van der Waals surface area contributed by atoms with Crippen molar-refractivity contribution in [3.63, 3.8) is 0 Å². The van der Waals surface area contributed by atoms with Gasteiger partial charge in [0.25, 0.3) is 0 Å². The molecule has 2 N–H and O–H groups in total. The van der Waals surface area contributed by atoms with Gasteiger partial charge in [-0.15, -0.1) is 0 Å². The first kappa shape index (κ1) is 22.4. The van der Waals surface area contributed by atoms with E-state index in [0.717, 1.165) is 50.8 Å². The van der Waals surface area contributed by atoms with Crippen LogP contribution in [0.3, 0.4) is 0 Å². The van der Waals surface area contributed by atoms with Crippen molar-refractivity contribution >= 4 is 17.5 Å². The number of nitrogens with one attached hydrogen (secondary N) is 1. The van der Waals surface area contributed by atoms with Gasteiger partial charge in [0.05, 0.1) is 18.0 Å². The van der Waals surface area contributed by atoms with Crippen LogP contribution >= 0.6 is 0 Å². The summed E-state index contributed by atoms with van der Waals surface area (Å²) in [4.78, 5) is 12.8. The Balaban J connectivity index is 1.78. The van der Waals surface area contributed by atoms with E-state index in [1.165, 1.54) is 0 Å². The molecule has 5 heteroatoms. The highest BCUT2D eigenvalue weighted by molar-refractivity contribution is 5.82. The predicted molar refractivity (Wildman–Crippen MR) is 140 cm³/mol. The summed E-state index contributed by atoms with van der Waals surface area (Å²) in [5.41, 5.74) is 8.44. The lowest BCUT2D eigenvalue weighted by Crippen LogP contribution is -2.08. The first-order valence-electron chi connectivity index (χ1n) is 11.0. The quantitative estimate of drug-likeness (QED) is 0.397. The standard InChI is InChI=1S/C28H30N4O/c1-31(2)24-15-11-21(12-16-24)26-27(22-13-17-25(18-14-22)32(3)4)30-28(29-26)23-9-7-20(8-10-23)6-5-19-33/h5-18,33H,19H2,1-4H3,(H,29,30). The van der Waals surface area contributed by atoms with Crippen molar-refractivity contribution in [1.82, 2.24) is 9.97 Å². The molecule has 0 atom stereocenters. The van der Waals surface area contributed by atoms with Crippen molar-refractivity contribution in [2.24, 2.45) is 0 Å². The molecule has 0 saturated heterocycles. The van der Waals surface area contributed by atoms with Crippen molar-refractivity contribution in [1.29, 1.82) is 0 Å². The molecular formula is C28H30N4O. The minimum absolute atomic E-state index is 0.0336. The highest BCUT2D eigenvalue weighted by Gasteiger charge is 2.16. The molecule has 0 bridgehead atoms. The van der Waals surface area contributed by atoms with Gasteiger partial charge in [-0.1, -0.05) is 60.7 Å². The van der Waals surface area contributed by atoms with E-state index in [2.05, 4.69) is 63.3 Å². The first-order chi connectivity index (χ1) is 16.0. The third-order valence-electron chi connectivity index (χ3n) is 5.63. The van der Waals surface area contributed by atoms with Gasteiger partial charge in [-0.05, 0) is 29.8 Å². The van der Waals surface area contributed by atoms with Gasteiger partial charge in [0, 0.05) is 56.3 Å². The fraction of sp³-hybridized carbons (Fsp3) is 0.179. The molecule has 1 heterocycles. The van der Waals surface area contributed by atoms with E-state index in [9.17, 15) is 0 Å². The Hall–Kier alpha value is -3.83. The zero-order chi connectivity index (χ0) is 23.4. The van der Waals surface area contributed by atoms with Crippen LogP contribution in [0.15, 0.2) is 78.9 Å². The van der Waals surface area contributed by atoms with Crippen LogP contribution in [-0.2, 0) is 0 Å². The first-order valence-corrected chi connectivity index (χ1v) is 11.0. The number of hydrogen-bond donors (Lipinski definition) is 2. The number of hydrogen-bond acceptors (Lipinski definition) is 4. The molecule has 33 heavy (non-hydrogen) atoms. The smallest absolute Gasteiger partial charge is 0.138 e. The Morgan fingerprint density at radius 1 is 0.727 bits per heavy atom. The minimum atomic E-state index is 0.0336. The van der Waals surface area contributed by atoms with Crippen LogP contribution in [0.4, 0.5) is 11.4 Å². The number of aliphatic hydroxyl groups is 1. The van der Waals surface area contributed by atoms with E-state index < -0.39 is 0 Å². The van der Waals surface area contributed by atoms with Crippen LogP contribution < -0.4 is 9.80 Å². The predicted octanol–water partition coefficient (Wildman–Crippen LogP) is 5.55. The molecule has 1 aromatic heterocycles. The number of benzene rings is 3. The fourth-order valence-corrected chi connectivity index (χ4v) is 3.71. The maximum absolute atomic E-state index is 9.00. The largest absolute Gasteiger partial charge is 0.392 e. The average molecular weight is 439 g/mol. The maximum atomic E-state index is 9.00. The molecule has 0 aliphatic rings. The Labute approximate surface area is 195 Å². The summed E-state index contributed by atoms with van der Waals surface area (Å²) < 4.78 is 0. The summed E-state index contributed by atoms with van der Waals surface area (Å²) in [6, 6.07) is 25.1. The van der Waals surface area contributed by atoms with Gasteiger partial charge in [-0.3, -0.25) is 0 Å². The summed E-state index contributed by atoms with van der Waals surface area (Å²) in [5.74, 6) is 0.825. The number of anilines is 2. The topological polar surface area (TPSA) is 55.4 Å². The van der Waals surface area contributed by atoms with Gasteiger partial charge in [-0.25, -0.2) is 4.98 Å². The molecule has 4 aromatic rings. The molecule has 4 rings (SSSR count). The second-order valence-corrected chi connectivity index (χ2v) is 8.40. The van der Waals surface area contributed by atoms with E-state index in [1.54, 1.807) is 6.08 Å². The molecule has 0 aliphatic carbocycles. The van der Waals surface area contributed by atoms with E-state index in [-0.39, 0.29) is 6.61 Å². The van der Waals surface area contributed by atoms with Crippen molar-refractivity contribution in [2.45, 2.75) is 0 Å². The molecule has 168 valence electrons. The normalized spacial score (nSPS) is 11.2. The van der Waals surface area contributed by atoms with Gasteiger partial charge >= 0.3 is 0 Å². The summed E-state index contributed by atoms with van der Waals surface area (Å²) in [6.07, 6.45) is 3.63. The SMILES string of the molecule is CN(C)c1ccc(-c2nc(-c3ccc(C=CCO)cc3)[nH]c2-c2ccc(N(C)C)cc2)cc1. The molecule has 0 radical (unpaired) electrons. The molecule has 0 fully saturated rings. The van der Waals surface area contributed by atoms with E-state index >= 15 is 0 Å². The molecule has 0 aliphatic heterocycles. The lowest BCUT2D eigenvalue weighted by Gasteiger charge is -2.13. The monoisotopic (exact) mass is 438 g/mol. The fourth-order valence-electron chi connectivity index (χ4n) is 3.71. The third kappa shape index (κ3) is 4.99. The van der Waals surface area contributed by atoms with Crippen LogP contribution in [0.5, 0.6) is 0 Å². The second kappa shape index (κ2) is 9.76. The van der Waals surface area contributed by atoms with Crippen molar-refractivity contribution in [3.8, 4) is 33.9 Å². The zero-order valence-electron chi connectivity index (χ0n) is 19.6. The van der Waals surface area contributed by atoms with Crippen LogP contribution in [0.25, 0.3) is 40.0 Å². The molecular weight excluding hydrogens is 408 g/mol. The maximum Gasteiger partial charge on any atom is 0.138 e. The number of H-pyrrole nitrogens is 1.